The van der Waals surface area contributed by atoms with Crippen LogP contribution in [0.2, 0.25) is 0 Å². The smallest absolute Gasteiger partial charge is 0.191 e. The Kier molecular flexibility index (Phi) is 7.69. The molecule has 2 atom stereocenters. The highest BCUT2D eigenvalue weighted by atomic mass is 16.5. The zero-order valence-electron chi connectivity index (χ0n) is 17.3. The van der Waals surface area contributed by atoms with Crippen molar-refractivity contribution in [2.75, 3.05) is 45.9 Å². The van der Waals surface area contributed by atoms with Crippen LogP contribution in [0.15, 0.2) is 58.1 Å². The first-order valence-electron chi connectivity index (χ1n) is 10.3. The zero-order chi connectivity index (χ0) is 20.5. The second kappa shape index (κ2) is 10.4. The van der Waals surface area contributed by atoms with Crippen LogP contribution in [-0.4, -0.2) is 61.9 Å². The Morgan fingerprint density at radius 2 is 1.93 bits per heavy atom. The third-order valence-corrected chi connectivity index (χ3v) is 5.07. The second-order valence-electron chi connectivity index (χ2n) is 7.40. The summed E-state index contributed by atoms with van der Waals surface area (Å²) in [6, 6.07) is 14.3. The number of aliphatic hydroxyl groups is 1. The fourth-order valence-corrected chi connectivity index (χ4v) is 3.45. The highest BCUT2D eigenvalue weighted by Crippen LogP contribution is 2.22. The standard InChI is InChI=1S/C22H32N4O3/c1-3-23-21(25-17-22(2,27)20-10-7-13-29-20)24-16-19(18-8-5-4-6-9-18)26-11-14-28-15-12-26/h4-10,13,19,27H,3,11-12,14-17H2,1-2H3,(H2,23,24,25). The van der Waals surface area contributed by atoms with E-state index < -0.39 is 5.60 Å². The van der Waals surface area contributed by atoms with Crippen molar-refractivity contribution < 1.29 is 14.3 Å². The number of aliphatic imine (C=N–C) groups is 1. The molecule has 1 aliphatic heterocycles. The highest BCUT2D eigenvalue weighted by molar-refractivity contribution is 5.79. The molecular formula is C22H32N4O3. The van der Waals surface area contributed by atoms with Gasteiger partial charge < -0.3 is 24.9 Å². The molecule has 0 amide bonds. The van der Waals surface area contributed by atoms with Crippen LogP contribution in [0.25, 0.3) is 0 Å². The highest BCUT2D eigenvalue weighted by Gasteiger charge is 2.26. The Morgan fingerprint density at radius 1 is 1.17 bits per heavy atom. The minimum atomic E-state index is -1.16. The Bertz CT molecular complexity index is 741. The number of guanidine groups is 1. The molecule has 0 aliphatic carbocycles. The average molecular weight is 401 g/mol. The molecule has 3 rings (SSSR count). The Balaban J connectivity index is 1.69. The maximum atomic E-state index is 10.7. The van der Waals surface area contributed by atoms with Crippen molar-refractivity contribution in [3.05, 3.63) is 60.1 Å². The van der Waals surface area contributed by atoms with E-state index in [0.717, 1.165) is 32.8 Å². The normalized spacial score (nSPS) is 18.8. The van der Waals surface area contributed by atoms with Crippen LogP contribution < -0.4 is 10.6 Å². The molecule has 2 aromatic rings. The molecule has 0 spiro atoms. The molecule has 2 heterocycles. The van der Waals surface area contributed by atoms with E-state index in [1.54, 1.807) is 25.3 Å². The average Bonchev–Trinajstić information content (AvgIpc) is 3.30. The quantitative estimate of drug-likeness (QED) is 0.465. The summed E-state index contributed by atoms with van der Waals surface area (Å²) in [6.45, 7) is 8.69. The van der Waals surface area contributed by atoms with Crippen molar-refractivity contribution in [1.82, 2.24) is 15.5 Å². The Morgan fingerprint density at radius 3 is 2.59 bits per heavy atom. The van der Waals surface area contributed by atoms with Crippen LogP contribution in [0.5, 0.6) is 0 Å². The minimum Gasteiger partial charge on any atom is -0.466 e. The maximum absolute atomic E-state index is 10.7. The summed E-state index contributed by atoms with van der Waals surface area (Å²) in [7, 11) is 0. The molecule has 0 radical (unpaired) electrons. The van der Waals surface area contributed by atoms with E-state index in [0.29, 0.717) is 18.3 Å². The minimum absolute atomic E-state index is 0.198. The molecule has 7 heteroatoms. The lowest BCUT2D eigenvalue weighted by atomic mass is 10.0. The topological polar surface area (TPSA) is 82.3 Å². The first-order chi connectivity index (χ1) is 14.1. The molecule has 1 aliphatic rings. The second-order valence-corrected chi connectivity index (χ2v) is 7.40. The molecule has 3 N–H and O–H groups in total. The first kappa shape index (κ1) is 21.4. The summed E-state index contributed by atoms with van der Waals surface area (Å²) in [5.74, 6) is 1.18. The van der Waals surface area contributed by atoms with E-state index in [4.69, 9.17) is 9.15 Å². The van der Waals surface area contributed by atoms with Crippen molar-refractivity contribution >= 4 is 5.96 Å². The summed E-state index contributed by atoms with van der Waals surface area (Å²) in [6.07, 6.45) is 1.56. The summed E-state index contributed by atoms with van der Waals surface area (Å²) in [5.41, 5.74) is 0.106. The van der Waals surface area contributed by atoms with E-state index in [1.807, 2.05) is 13.0 Å². The van der Waals surface area contributed by atoms with Gasteiger partial charge in [0, 0.05) is 26.2 Å². The van der Waals surface area contributed by atoms with Gasteiger partial charge in [0.2, 0.25) is 0 Å². The molecular weight excluding hydrogens is 368 g/mol. The van der Waals surface area contributed by atoms with Gasteiger partial charge in [0.15, 0.2) is 5.96 Å². The van der Waals surface area contributed by atoms with Crippen molar-refractivity contribution in [1.29, 1.82) is 0 Å². The predicted octanol–water partition coefficient (Wildman–Crippen LogP) is 2.12. The van der Waals surface area contributed by atoms with E-state index in [2.05, 4.69) is 44.8 Å². The molecule has 0 bridgehead atoms. The number of ether oxygens (including phenoxy) is 1. The fourth-order valence-electron chi connectivity index (χ4n) is 3.45. The van der Waals surface area contributed by atoms with E-state index in [9.17, 15) is 5.11 Å². The van der Waals surface area contributed by atoms with Crippen LogP contribution in [0.4, 0.5) is 0 Å². The van der Waals surface area contributed by atoms with E-state index in [1.165, 1.54) is 5.56 Å². The van der Waals surface area contributed by atoms with Crippen LogP contribution in [-0.2, 0) is 10.3 Å². The molecule has 158 valence electrons. The SMILES string of the molecule is CCNC(=NCC(C)(O)c1ccco1)NCC(c1ccccc1)N1CCOCC1. The van der Waals surface area contributed by atoms with Gasteiger partial charge in [-0.05, 0) is 31.5 Å². The number of nitrogens with one attached hydrogen (secondary N) is 2. The van der Waals surface area contributed by atoms with Crippen molar-refractivity contribution in [2.45, 2.75) is 25.5 Å². The lowest BCUT2D eigenvalue weighted by Gasteiger charge is -2.35. The summed E-state index contributed by atoms with van der Waals surface area (Å²) >= 11 is 0. The zero-order valence-corrected chi connectivity index (χ0v) is 17.3. The lowest BCUT2D eigenvalue weighted by Crippen LogP contribution is -2.46. The van der Waals surface area contributed by atoms with Crippen molar-refractivity contribution in [3.63, 3.8) is 0 Å². The van der Waals surface area contributed by atoms with Crippen LogP contribution in [0, 0.1) is 0 Å². The predicted molar refractivity (Wildman–Crippen MR) is 114 cm³/mol. The molecule has 0 saturated carbocycles. The van der Waals surface area contributed by atoms with Gasteiger partial charge in [-0.1, -0.05) is 30.3 Å². The summed E-state index contributed by atoms with van der Waals surface area (Å²) in [4.78, 5) is 7.03. The molecule has 7 nitrogen and oxygen atoms in total. The summed E-state index contributed by atoms with van der Waals surface area (Å²) in [5, 5.41) is 17.4. The summed E-state index contributed by atoms with van der Waals surface area (Å²) < 4.78 is 10.9. The van der Waals surface area contributed by atoms with Gasteiger partial charge in [0.25, 0.3) is 0 Å². The Hall–Kier alpha value is -2.35. The molecule has 1 aromatic heterocycles. The largest absolute Gasteiger partial charge is 0.466 e. The van der Waals surface area contributed by atoms with Crippen LogP contribution in [0.3, 0.4) is 0 Å². The number of hydrogen-bond donors (Lipinski definition) is 3. The van der Waals surface area contributed by atoms with Gasteiger partial charge in [-0.2, -0.15) is 0 Å². The van der Waals surface area contributed by atoms with Crippen molar-refractivity contribution in [2.24, 2.45) is 4.99 Å². The number of nitrogens with zero attached hydrogens (tertiary/aromatic N) is 2. The first-order valence-corrected chi connectivity index (χ1v) is 10.3. The Labute approximate surface area is 172 Å². The number of morpholine rings is 1. The fraction of sp³-hybridized carbons (Fsp3) is 0.500. The number of benzene rings is 1. The molecule has 1 saturated heterocycles. The monoisotopic (exact) mass is 400 g/mol. The van der Waals surface area contributed by atoms with Gasteiger partial charge >= 0.3 is 0 Å². The lowest BCUT2D eigenvalue weighted by molar-refractivity contribution is 0.0169. The number of rotatable bonds is 8. The molecule has 1 aromatic carbocycles. The molecule has 1 fully saturated rings. The van der Waals surface area contributed by atoms with Gasteiger partial charge in [0.1, 0.15) is 11.4 Å². The maximum Gasteiger partial charge on any atom is 0.191 e. The van der Waals surface area contributed by atoms with Gasteiger partial charge in [-0.15, -0.1) is 0 Å². The van der Waals surface area contributed by atoms with Gasteiger partial charge in [-0.3, -0.25) is 4.90 Å². The number of furan rings is 1. The van der Waals surface area contributed by atoms with Crippen molar-refractivity contribution in [3.8, 4) is 0 Å². The molecule has 29 heavy (non-hydrogen) atoms. The molecule has 2 unspecified atom stereocenters. The van der Waals surface area contributed by atoms with Gasteiger partial charge in [-0.25, -0.2) is 4.99 Å². The van der Waals surface area contributed by atoms with Crippen LogP contribution >= 0.6 is 0 Å². The third kappa shape index (κ3) is 6.06. The number of hydrogen-bond acceptors (Lipinski definition) is 5. The van der Waals surface area contributed by atoms with E-state index in [-0.39, 0.29) is 12.6 Å². The van der Waals surface area contributed by atoms with Gasteiger partial charge in [0.05, 0.1) is 32.1 Å². The van der Waals surface area contributed by atoms with Crippen LogP contribution in [0.1, 0.15) is 31.2 Å². The third-order valence-electron chi connectivity index (χ3n) is 5.07. The van der Waals surface area contributed by atoms with E-state index >= 15 is 0 Å².